The maximum absolute atomic E-state index is 2.40. The smallest absolute Gasteiger partial charge is 0.00137 e. The van der Waals surface area contributed by atoms with Crippen LogP contribution in [0.25, 0.3) is 75.4 Å². The zero-order valence-corrected chi connectivity index (χ0v) is 18.5. The summed E-state index contributed by atoms with van der Waals surface area (Å²) in [6.07, 6.45) is 0. The molecule has 0 radical (unpaired) electrons. The number of rotatable bonds is 0. The lowest BCUT2D eigenvalue weighted by atomic mass is 9.85. The number of hydrogen-bond acceptors (Lipinski definition) is 0. The van der Waals surface area contributed by atoms with Crippen molar-refractivity contribution in [3.8, 4) is 0 Å². The molecule has 156 valence electrons. The van der Waals surface area contributed by atoms with Gasteiger partial charge in [0.15, 0.2) is 0 Å². The van der Waals surface area contributed by atoms with E-state index in [1.165, 1.54) is 75.4 Å². The van der Waals surface area contributed by atoms with Gasteiger partial charge in [0.2, 0.25) is 0 Å². The fourth-order valence-corrected chi connectivity index (χ4v) is 6.04. The molecule has 0 aromatic heterocycles. The minimum atomic E-state index is 1.29. The van der Waals surface area contributed by atoms with Gasteiger partial charge in [-0.05, 0) is 99.7 Å². The third-order valence-electron chi connectivity index (χ3n) is 7.53. The summed E-state index contributed by atoms with van der Waals surface area (Å²) in [5.41, 5.74) is 0. The second kappa shape index (κ2) is 6.56. The summed E-state index contributed by atoms with van der Waals surface area (Å²) in [5.74, 6) is 0. The van der Waals surface area contributed by atoms with Crippen molar-refractivity contribution in [3.63, 3.8) is 0 Å². The van der Waals surface area contributed by atoms with Gasteiger partial charge in [0.25, 0.3) is 0 Å². The first-order valence-corrected chi connectivity index (χ1v) is 11.9. The lowest BCUT2D eigenvalue weighted by molar-refractivity contribution is 1.78. The highest BCUT2D eigenvalue weighted by Gasteiger charge is 2.16. The standard InChI is InChI=1S/C34H20/c1-3-11-23-19-31-29(17-21(23)9-1)25-13-5-7-15-27(25)34-32-20-24-12-4-2-10-22(24)18-30(32)26-14-6-8-16-28(26)33(31)34/h1-20H. The van der Waals surface area contributed by atoms with E-state index in [9.17, 15) is 0 Å². The summed E-state index contributed by atoms with van der Waals surface area (Å²) >= 11 is 0. The minimum Gasteiger partial charge on any atom is -0.0616 e. The molecule has 0 aliphatic heterocycles. The lowest BCUT2D eigenvalue weighted by Gasteiger charge is -2.17. The second-order valence-electron chi connectivity index (χ2n) is 9.33. The van der Waals surface area contributed by atoms with Crippen molar-refractivity contribution in [1.82, 2.24) is 0 Å². The molecule has 0 heteroatoms. The molecule has 0 unspecified atom stereocenters. The van der Waals surface area contributed by atoms with Crippen LogP contribution in [-0.4, -0.2) is 0 Å². The molecule has 0 saturated carbocycles. The molecule has 8 aromatic carbocycles. The van der Waals surface area contributed by atoms with Crippen molar-refractivity contribution >= 4 is 75.4 Å². The normalized spacial score (nSPS) is 12.1. The van der Waals surface area contributed by atoms with Crippen LogP contribution in [0.4, 0.5) is 0 Å². The Morgan fingerprint density at radius 1 is 0.235 bits per heavy atom. The van der Waals surface area contributed by atoms with Crippen molar-refractivity contribution in [2.45, 2.75) is 0 Å². The van der Waals surface area contributed by atoms with Crippen LogP contribution >= 0.6 is 0 Å². The van der Waals surface area contributed by atoms with Crippen molar-refractivity contribution in [2.75, 3.05) is 0 Å². The van der Waals surface area contributed by atoms with E-state index >= 15 is 0 Å². The molecular weight excluding hydrogens is 408 g/mol. The van der Waals surface area contributed by atoms with Crippen molar-refractivity contribution in [3.05, 3.63) is 121 Å². The maximum Gasteiger partial charge on any atom is -0.00137 e. The highest BCUT2D eigenvalue weighted by atomic mass is 14.2. The molecule has 0 amide bonds. The van der Waals surface area contributed by atoms with Crippen LogP contribution in [0.5, 0.6) is 0 Å². The molecule has 0 nitrogen and oxygen atoms in total. The lowest BCUT2D eigenvalue weighted by Crippen LogP contribution is -1.89. The van der Waals surface area contributed by atoms with Gasteiger partial charge < -0.3 is 0 Å². The first-order valence-electron chi connectivity index (χ1n) is 11.9. The summed E-state index contributed by atoms with van der Waals surface area (Å²) < 4.78 is 0. The molecule has 0 atom stereocenters. The largest absolute Gasteiger partial charge is 0.0616 e. The van der Waals surface area contributed by atoms with Gasteiger partial charge in [0.1, 0.15) is 0 Å². The minimum absolute atomic E-state index is 1.29. The van der Waals surface area contributed by atoms with E-state index in [0.29, 0.717) is 0 Å². The third-order valence-corrected chi connectivity index (χ3v) is 7.53. The number of fused-ring (bicyclic) bond motifs is 13. The first-order chi connectivity index (χ1) is 16.9. The molecule has 0 fully saturated rings. The van der Waals surface area contributed by atoms with Gasteiger partial charge in [-0.3, -0.25) is 0 Å². The second-order valence-corrected chi connectivity index (χ2v) is 9.33. The molecule has 0 spiro atoms. The van der Waals surface area contributed by atoms with Crippen molar-refractivity contribution in [2.24, 2.45) is 0 Å². The molecule has 8 aromatic rings. The maximum atomic E-state index is 2.40. The molecule has 0 N–H and O–H groups in total. The molecule has 0 saturated heterocycles. The van der Waals surface area contributed by atoms with Gasteiger partial charge in [-0.1, -0.05) is 97.1 Å². The number of hydrogen-bond donors (Lipinski definition) is 0. The summed E-state index contributed by atoms with van der Waals surface area (Å²) in [6.45, 7) is 0. The molecule has 34 heavy (non-hydrogen) atoms. The zero-order chi connectivity index (χ0) is 22.2. The zero-order valence-electron chi connectivity index (χ0n) is 18.5. The Hall–Kier alpha value is -4.42. The van der Waals surface area contributed by atoms with Crippen molar-refractivity contribution < 1.29 is 0 Å². The average Bonchev–Trinajstić information content (AvgIpc) is 2.91. The van der Waals surface area contributed by atoms with Crippen molar-refractivity contribution in [1.29, 1.82) is 0 Å². The fourth-order valence-electron chi connectivity index (χ4n) is 6.04. The van der Waals surface area contributed by atoms with E-state index < -0.39 is 0 Å². The third kappa shape index (κ3) is 2.32. The monoisotopic (exact) mass is 428 g/mol. The van der Waals surface area contributed by atoms with E-state index in [4.69, 9.17) is 0 Å². The average molecular weight is 429 g/mol. The van der Waals surface area contributed by atoms with Crippen LogP contribution in [0.1, 0.15) is 0 Å². The van der Waals surface area contributed by atoms with E-state index in [1.807, 2.05) is 0 Å². The van der Waals surface area contributed by atoms with Crippen LogP contribution in [0, 0.1) is 0 Å². The van der Waals surface area contributed by atoms with Crippen LogP contribution in [0.15, 0.2) is 121 Å². The summed E-state index contributed by atoms with van der Waals surface area (Å²) in [6, 6.07) is 44.9. The predicted molar refractivity (Wildman–Crippen MR) is 149 cm³/mol. The molecule has 0 heterocycles. The number of benzene rings is 8. The Kier molecular flexibility index (Phi) is 3.48. The quantitative estimate of drug-likeness (QED) is 0.166. The summed E-state index contributed by atoms with van der Waals surface area (Å²) in [5, 5.41) is 18.5. The SMILES string of the molecule is c1ccc2cc3c(cc2c1)c1ccccc1c1c2cc4ccccc4cc2c2ccccc2c31. The summed E-state index contributed by atoms with van der Waals surface area (Å²) in [7, 11) is 0. The Labute approximate surface area is 196 Å². The Morgan fingerprint density at radius 2 is 0.529 bits per heavy atom. The van der Waals surface area contributed by atoms with E-state index in [-0.39, 0.29) is 0 Å². The van der Waals surface area contributed by atoms with Gasteiger partial charge in [0, 0.05) is 0 Å². The Morgan fingerprint density at radius 3 is 0.912 bits per heavy atom. The van der Waals surface area contributed by atoms with Gasteiger partial charge in [-0.2, -0.15) is 0 Å². The van der Waals surface area contributed by atoms with Crippen LogP contribution in [0.3, 0.4) is 0 Å². The predicted octanol–water partition coefficient (Wildman–Crippen LogP) is 9.76. The Bertz CT molecular complexity index is 1960. The van der Waals surface area contributed by atoms with Crippen LogP contribution < -0.4 is 0 Å². The van der Waals surface area contributed by atoms with E-state index in [0.717, 1.165) is 0 Å². The molecule has 0 aliphatic rings. The van der Waals surface area contributed by atoms with Gasteiger partial charge in [-0.25, -0.2) is 0 Å². The highest BCUT2D eigenvalue weighted by molar-refractivity contribution is 6.40. The van der Waals surface area contributed by atoms with Gasteiger partial charge >= 0.3 is 0 Å². The molecule has 0 bridgehead atoms. The van der Waals surface area contributed by atoms with Crippen LogP contribution in [-0.2, 0) is 0 Å². The van der Waals surface area contributed by atoms with Gasteiger partial charge in [0.05, 0.1) is 0 Å². The van der Waals surface area contributed by atoms with Gasteiger partial charge in [-0.15, -0.1) is 0 Å². The summed E-state index contributed by atoms with van der Waals surface area (Å²) in [4.78, 5) is 0. The highest BCUT2D eigenvalue weighted by Crippen LogP contribution is 2.45. The molecule has 0 aliphatic carbocycles. The Balaban J connectivity index is 1.79. The van der Waals surface area contributed by atoms with E-state index in [1.54, 1.807) is 0 Å². The molecule has 8 rings (SSSR count). The first kappa shape index (κ1) is 18.1. The molecular formula is C34H20. The van der Waals surface area contributed by atoms with Crippen LogP contribution in [0.2, 0.25) is 0 Å². The topological polar surface area (TPSA) is 0 Å². The van der Waals surface area contributed by atoms with E-state index in [2.05, 4.69) is 121 Å². The fraction of sp³-hybridized carbons (Fsp3) is 0.